The number of pyridine rings is 1. The molecule has 31 heavy (non-hydrogen) atoms. The Kier molecular flexibility index (Phi) is 7.52. The van der Waals surface area contributed by atoms with Crippen molar-refractivity contribution in [1.29, 1.82) is 0 Å². The molecule has 1 aromatic heterocycles. The van der Waals surface area contributed by atoms with E-state index in [2.05, 4.69) is 30.0 Å². The second-order valence-electron chi connectivity index (χ2n) is 9.22. The van der Waals surface area contributed by atoms with E-state index < -0.39 is 0 Å². The highest BCUT2D eigenvalue weighted by atomic mass is 16.5. The molecule has 0 unspecified atom stereocenters. The molecule has 4 heteroatoms. The van der Waals surface area contributed by atoms with Crippen molar-refractivity contribution in [1.82, 2.24) is 9.88 Å². The van der Waals surface area contributed by atoms with E-state index in [1.807, 2.05) is 18.2 Å². The van der Waals surface area contributed by atoms with Crippen molar-refractivity contribution in [2.75, 3.05) is 19.7 Å². The topological polar surface area (TPSA) is 42.4 Å². The number of benzene rings is 1. The largest absolute Gasteiger partial charge is 0.377 e. The smallest absolute Gasteiger partial charge is 0.151 e. The molecule has 0 N–H and O–H groups in total. The first-order valence-electron chi connectivity index (χ1n) is 12.0. The molecule has 2 aliphatic rings. The van der Waals surface area contributed by atoms with Gasteiger partial charge in [0.05, 0.1) is 12.1 Å². The maximum Gasteiger partial charge on any atom is 0.151 e. The Balaban J connectivity index is 1.21. The van der Waals surface area contributed by atoms with Gasteiger partial charge < -0.3 is 4.74 Å². The molecular weight excluding hydrogens is 384 g/mol. The molecule has 0 amide bonds. The Labute approximate surface area is 187 Å². The summed E-state index contributed by atoms with van der Waals surface area (Å²) in [6.45, 7) is 6.49. The molecule has 0 spiro atoms. The van der Waals surface area contributed by atoms with Gasteiger partial charge >= 0.3 is 0 Å². The molecule has 4 rings (SSSR count). The Hall–Kier alpha value is -2.04. The minimum atomic E-state index is -0.145. The Bertz CT molecular complexity index is 880. The average Bonchev–Trinajstić information content (AvgIpc) is 3.22. The number of aromatic nitrogens is 1. The van der Waals surface area contributed by atoms with Crippen molar-refractivity contribution in [3.63, 3.8) is 0 Å². The van der Waals surface area contributed by atoms with Crippen molar-refractivity contribution in [3.8, 4) is 0 Å². The molecular formula is C27H36N2O2. The van der Waals surface area contributed by atoms with Crippen LogP contribution in [0.15, 0.2) is 36.4 Å². The highest BCUT2D eigenvalue weighted by molar-refractivity contribution is 5.83. The molecule has 2 heterocycles. The standard InChI is InChI=1S/C27H36N2O2/c1-20-18-23(28-26-14-7-6-13-25(20)26)12-8-9-17-31-24-15-16-29(19-24)27(21(2)30)22-10-4-3-5-11-22/h3-5,10-11,18,24,27H,6-9,12-17,19H2,1-2H3/t24-,27-/m1/s1. The van der Waals surface area contributed by atoms with E-state index >= 15 is 0 Å². The van der Waals surface area contributed by atoms with Crippen LogP contribution in [-0.4, -0.2) is 41.5 Å². The molecule has 1 saturated heterocycles. The molecule has 1 aliphatic heterocycles. The fourth-order valence-electron chi connectivity index (χ4n) is 5.23. The van der Waals surface area contributed by atoms with Gasteiger partial charge in [-0.05, 0) is 88.0 Å². The number of unbranched alkanes of at least 4 members (excludes halogenated alkanes) is 1. The molecule has 2 aromatic rings. The highest BCUT2D eigenvalue weighted by Crippen LogP contribution is 2.27. The van der Waals surface area contributed by atoms with Crippen LogP contribution in [0.1, 0.15) is 73.1 Å². The zero-order valence-electron chi connectivity index (χ0n) is 19.1. The third kappa shape index (κ3) is 5.61. The predicted octanol–water partition coefficient (Wildman–Crippen LogP) is 5.01. The van der Waals surface area contributed by atoms with Crippen LogP contribution >= 0.6 is 0 Å². The second-order valence-corrected chi connectivity index (χ2v) is 9.22. The monoisotopic (exact) mass is 420 g/mol. The Morgan fingerprint density at radius 2 is 2.00 bits per heavy atom. The van der Waals surface area contributed by atoms with Gasteiger partial charge in [0.1, 0.15) is 0 Å². The van der Waals surface area contributed by atoms with Crippen LogP contribution in [0.2, 0.25) is 0 Å². The van der Waals surface area contributed by atoms with Crippen molar-refractivity contribution < 1.29 is 9.53 Å². The summed E-state index contributed by atoms with van der Waals surface area (Å²) in [4.78, 5) is 19.5. The van der Waals surface area contributed by atoms with Crippen molar-refractivity contribution in [3.05, 3.63) is 64.5 Å². The lowest BCUT2D eigenvalue weighted by Gasteiger charge is -2.26. The van der Waals surface area contributed by atoms with Gasteiger partial charge in [-0.25, -0.2) is 0 Å². The van der Waals surface area contributed by atoms with Crippen LogP contribution in [0.3, 0.4) is 0 Å². The lowest BCUT2D eigenvalue weighted by atomic mass is 9.92. The Morgan fingerprint density at radius 3 is 2.81 bits per heavy atom. The lowest BCUT2D eigenvalue weighted by molar-refractivity contribution is -0.122. The number of nitrogens with zero attached hydrogens (tertiary/aromatic N) is 2. The number of carbonyl (C=O) groups excluding carboxylic acids is 1. The third-order valence-electron chi connectivity index (χ3n) is 6.80. The number of likely N-dealkylation sites (tertiary alicyclic amines) is 1. The second kappa shape index (κ2) is 10.5. The van der Waals surface area contributed by atoms with Crippen molar-refractivity contribution in [2.24, 2.45) is 0 Å². The molecule has 0 saturated carbocycles. The average molecular weight is 421 g/mol. The SMILES string of the molecule is CC(=O)[C@H](c1ccccc1)N1CC[C@@H](OCCCCc2cc(C)c3c(n2)CCCC3)C1. The summed E-state index contributed by atoms with van der Waals surface area (Å²) in [7, 11) is 0. The minimum Gasteiger partial charge on any atom is -0.377 e. The first-order valence-corrected chi connectivity index (χ1v) is 12.0. The van der Waals surface area contributed by atoms with Gasteiger partial charge in [-0.2, -0.15) is 0 Å². The number of aryl methyl sites for hydroxylation is 3. The zero-order valence-corrected chi connectivity index (χ0v) is 19.1. The number of hydrogen-bond donors (Lipinski definition) is 0. The van der Waals surface area contributed by atoms with Crippen LogP contribution < -0.4 is 0 Å². The summed E-state index contributed by atoms with van der Waals surface area (Å²) in [5.74, 6) is 0.208. The van der Waals surface area contributed by atoms with Gasteiger partial charge in [0, 0.05) is 31.1 Å². The van der Waals surface area contributed by atoms with Gasteiger partial charge in [-0.3, -0.25) is 14.7 Å². The minimum absolute atomic E-state index is 0.145. The van der Waals surface area contributed by atoms with E-state index in [1.54, 1.807) is 6.92 Å². The third-order valence-corrected chi connectivity index (χ3v) is 6.80. The van der Waals surface area contributed by atoms with E-state index in [0.717, 1.165) is 57.4 Å². The van der Waals surface area contributed by atoms with Crippen LogP contribution in [0.4, 0.5) is 0 Å². The van der Waals surface area contributed by atoms with E-state index in [-0.39, 0.29) is 17.9 Å². The Morgan fingerprint density at radius 1 is 1.19 bits per heavy atom. The lowest BCUT2D eigenvalue weighted by Crippen LogP contribution is -2.32. The summed E-state index contributed by atoms with van der Waals surface area (Å²) < 4.78 is 6.18. The summed E-state index contributed by atoms with van der Waals surface area (Å²) in [6, 6.07) is 12.3. The molecule has 0 bridgehead atoms. The molecule has 0 radical (unpaired) electrons. The zero-order chi connectivity index (χ0) is 21.6. The first-order chi connectivity index (χ1) is 15.1. The predicted molar refractivity (Wildman–Crippen MR) is 124 cm³/mol. The van der Waals surface area contributed by atoms with Gasteiger partial charge in [-0.15, -0.1) is 0 Å². The highest BCUT2D eigenvalue weighted by Gasteiger charge is 2.32. The molecule has 166 valence electrons. The number of ketones is 1. The molecule has 2 atom stereocenters. The van der Waals surface area contributed by atoms with Crippen LogP contribution in [-0.2, 0) is 28.8 Å². The summed E-state index contributed by atoms with van der Waals surface area (Å²) >= 11 is 0. The number of carbonyl (C=O) groups is 1. The van der Waals surface area contributed by atoms with Crippen molar-refractivity contribution >= 4 is 5.78 Å². The molecule has 1 aromatic carbocycles. The summed E-state index contributed by atoms with van der Waals surface area (Å²) in [5, 5.41) is 0. The normalized spacial score (nSPS) is 19.9. The first kappa shape index (κ1) is 22.2. The number of hydrogen-bond acceptors (Lipinski definition) is 4. The van der Waals surface area contributed by atoms with Gasteiger partial charge in [0.2, 0.25) is 0 Å². The van der Waals surface area contributed by atoms with Crippen LogP contribution in [0.5, 0.6) is 0 Å². The summed E-state index contributed by atoms with van der Waals surface area (Å²) in [6.07, 6.45) is 9.38. The molecule has 1 fully saturated rings. The van der Waals surface area contributed by atoms with Gasteiger partial charge in [-0.1, -0.05) is 30.3 Å². The number of fused-ring (bicyclic) bond motifs is 1. The van der Waals surface area contributed by atoms with E-state index in [0.29, 0.717) is 0 Å². The fourth-order valence-corrected chi connectivity index (χ4v) is 5.23. The number of ether oxygens (including phenoxy) is 1. The van der Waals surface area contributed by atoms with E-state index in [4.69, 9.17) is 9.72 Å². The quantitative estimate of drug-likeness (QED) is 0.535. The van der Waals surface area contributed by atoms with Crippen LogP contribution in [0, 0.1) is 6.92 Å². The molecule has 4 nitrogen and oxygen atoms in total. The van der Waals surface area contributed by atoms with Crippen molar-refractivity contribution in [2.45, 2.75) is 77.4 Å². The van der Waals surface area contributed by atoms with Gasteiger partial charge in [0.25, 0.3) is 0 Å². The fraction of sp³-hybridized carbons (Fsp3) is 0.556. The van der Waals surface area contributed by atoms with E-state index in [1.165, 1.54) is 41.8 Å². The van der Waals surface area contributed by atoms with Crippen LogP contribution in [0.25, 0.3) is 0 Å². The summed E-state index contributed by atoms with van der Waals surface area (Å²) in [5.41, 5.74) is 6.62. The maximum absolute atomic E-state index is 12.3. The molecule has 1 aliphatic carbocycles. The van der Waals surface area contributed by atoms with E-state index in [9.17, 15) is 4.79 Å². The number of rotatable bonds is 9. The van der Waals surface area contributed by atoms with Gasteiger partial charge in [0.15, 0.2) is 5.78 Å². The number of Topliss-reactive ketones (excluding diaryl/α,β-unsaturated/α-hetero) is 1. The maximum atomic E-state index is 12.3.